The van der Waals surface area contributed by atoms with Gasteiger partial charge in [-0.1, -0.05) is 26.3 Å². The van der Waals surface area contributed by atoms with Gasteiger partial charge in [0.2, 0.25) is 5.88 Å². The normalized spacial score (nSPS) is 14.5. The highest BCUT2D eigenvalue weighted by Crippen LogP contribution is 2.21. The minimum Gasteiger partial charge on any atom is -0.477 e. The number of nitrogens with zero attached hydrogens (tertiary/aromatic N) is 1. The summed E-state index contributed by atoms with van der Waals surface area (Å²) in [6.45, 7) is 7.03. The average molecular weight is 222 g/mol. The zero-order valence-electron chi connectivity index (χ0n) is 10.4. The predicted molar refractivity (Wildman–Crippen MR) is 66.4 cm³/mol. The lowest BCUT2D eigenvalue weighted by atomic mass is 10.1. The number of hydrogen-bond acceptors (Lipinski definition) is 3. The Bertz CT molecular complexity index is 313. The Kier molecular flexibility index (Phi) is 5.26. The molecule has 1 heterocycles. The molecule has 0 spiro atoms. The van der Waals surface area contributed by atoms with Crippen LogP contribution in [0, 0.1) is 5.92 Å². The van der Waals surface area contributed by atoms with E-state index >= 15 is 0 Å². The van der Waals surface area contributed by atoms with Crippen molar-refractivity contribution < 1.29 is 4.74 Å². The van der Waals surface area contributed by atoms with E-state index in [1.165, 1.54) is 12.8 Å². The molecule has 0 fully saturated rings. The van der Waals surface area contributed by atoms with E-state index in [9.17, 15) is 0 Å². The van der Waals surface area contributed by atoms with Gasteiger partial charge in [0.25, 0.3) is 0 Å². The van der Waals surface area contributed by atoms with Gasteiger partial charge in [-0.15, -0.1) is 0 Å². The summed E-state index contributed by atoms with van der Waals surface area (Å²) in [5.74, 6) is 1.24. The van der Waals surface area contributed by atoms with E-state index < -0.39 is 0 Å². The van der Waals surface area contributed by atoms with E-state index in [0.717, 1.165) is 5.56 Å². The van der Waals surface area contributed by atoms with Crippen LogP contribution in [-0.2, 0) is 0 Å². The Morgan fingerprint density at radius 3 is 2.81 bits per heavy atom. The van der Waals surface area contributed by atoms with Crippen LogP contribution in [0.15, 0.2) is 18.3 Å². The molecular weight excluding hydrogens is 200 g/mol. The third-order valence-electron chi connectivity index (χ3n) is 2.58. The number of pyridine rings is 1. The van der Waals surface area contributed by atoms with Gasteiger partial charge < -0.3 is 10.5 Å². The molecule has 0 aliphatic heterocycles. The first-order valence-electron chi connectivity index (χ1n) is 5.98. The van der Waals surface area contributed by atoms with E-state index in [4.69, 9.17) is 10.5 Å². The molecule has 3 nitrogen and oxygen atoms in total. The van der Waals surface area contributed by atoms with Crippen molar-refractivity contribution in [3.05, 3.63) is 23.9 Å². The van der Waals surface area contributed by atoms with Crippen molar-refractivity contribution in [2.45, 2.75) is 39.7 Å². The number of nitrogens with two attached hydrogens (primary N) is 1. The van der Waals surface area contributed by atoms with Crippen LogP contribution in [0.2, 0.25) is 0 Å². The first kappa shape index (κ1) is 13.0. The van der Waals surface area contributed by atoms with Crippen molar-refractivity contribution in [2.24, 2.45) is 11.7 Å². The highest BCUT2D eigenvalue weighted by molar-refractivity contribution is 5.28. The van der Waals surface area contributed by atoms with Gasteiger partial charge in [-0.3, -0.25) is 0 Å². The third-order valence-corrected chi connectivity index (χ3v) is 2.58. The molecule has 2 atom stereocenters. The van der Waals surface area contributed by atoms with Gasteiger partial charge in [0.1, 0.15) is 0 Å². The van der Waals surface area contributed by atoms with Crippen molar-refractivity contribution in [2.75, 3.05) is 6.61 Å². The van der Waals surface area contributed by atoms with Crippen LogP contribution in [-0.4, -0.2) is 11.6 Å². The number of aromatic nitrogens is 1. The monoisotopic (exact) mass is 222 g/mol. The molecule has 1 unspecified atom stereocenters. The highest BCUT2D eigenvalue weighted by Gasteiger charge is 2.10. The summed E-state index contributed by atoms with van der Waals surface area (Å²) >= 11 is 0. The third kappa shape index (κ3) is 3.81. The summed E-state index contributed by atoms with van der Waals surface area (Å²) in [7, 11) is 0. The van der Waals surface area contributed by atoms with Crippen LogP contribution >= 0.6 is 0 Å². The standard InChI is InChI=1S/C13H22N2O/c1-4-6-10(2)9-16-13-12(11(3)14)7-5-8-15-13/h5,7-8,10-11H,4,6,9,14H2,1-3H3/t10?,11-/m1/s1. The summed E-state index contributed by atoms with van der Waals surface area (Å²) < 4.78 is 5.72. The van der Waals surface area contributed by atoms with E-state index in [2.05, 4.69) is 18.8 Å². The van der Waals surface area contributed by atoms with Crippen molar-refractivity contribution >= 4 is 0 Å². The second-order valence-electron chi connectivity index (χ2n) is 4.39. The number of rotatable bonds is 6. The molecule has 0 bridgehead atoms. The molecule has 0 saturated carbocycles. The Balaban J connectivity index is 2.59. The molecule has 0 aliphatic rings. The molecule has 0 radical (unpaired) electrons. The minimum absolute atomic E-state index is 0.0369. The Hall–Kier alpha value is -1.09. The summed E-state index contributed by atoms with van der Waals surface area (Å²) in [6, 6.07) is 3.82. The maximum Gasteiger partial charge on any atom is 0.218 e. The van der Waals surface area contributed by atoms with E-state index in [1.807, 2.05) is 19.1 Å². The predicted octanol–water partition coefficient (Wildman–Crippen LogP) is 2.92. The zero-order chi connectivity index (χ0) is 12.0. The smallest absolute Gasteiger partial charge is 0.218 e. The summed E-state index contributed by atoms with van der Waals surface area (Å²) in [6.07, 6.45) is 4.11. The van der Waals surface area contributed by atoms with Crippen molar-refractivity contribution in [3.8, 4) is 5.88 Å². The molecular formula is C13H22N2O. The van der Waals surface area contributed by atoms with Gasteiger partial charge in [-0.25, -0.2) is 4.98 Å². The van der Waals surface area contributed by atoms with Crippen LogP contribution in [0.25, 0.3) is 0 Å². The fourth-order valence-electron chi connectivity index (χ4n) is 1.67. The second kappa shape index (κ2) is 6.48. The van der Waals surface area contributed by atoms with Crippen molar-refractivity contribution in [3.63, 3.8) is 0 Å². The zero-order valence-corrected chi connectivity index (χ0v) is 10.4. The van der Waals surface area contributed by atoms with Gasteiger partial charge >= 0.3 is 0 Å². The van der Waals surface area contributed by atoms with Gasteiger partial charge in [-0.2, -0.15) is 0 Å². The largest absolute Gasteiger partial charge is 0.477 e. The van der Waals surface area contributed by atoms with Gasteiger partial charge in [0.15, 0.2) is 0 Å². The molecule has 0 aliphatic carbocycles. The topological polar surface area (TPSA) is 48.1 Å². The van der Waals surface area contributed by atoms with Crippen LogP contribution in [0.5, 0.6) is 5.88 Å². The minimum atomic E-state index is -0.0369. The molecule has 1 aromatic rings. The van der Waals surface area contributed by atoms with Crippen LogP contribution in [0.1, 0.15) is 45.2 Å². The maximum atomic E-state index is 5.86. The fraction of sp³-hybridized carbons (Fsp3) is 0.615. The molecule has 0 saturated heterocycles. The van der Waals surface area contributed by atoms with Gasteiger partial charge in [-0.05, 0) is 25.3 Å². The lowest BCUT2D eigenvalue weighted by Gasteiger charge is -2.15. The second-order valence-corrected chi connectivity index (χ2v) is 4.39. The molecule has 1 rings (SSSR count). The van der Waals surface area contributed by atoms with E-state index in [-0.39, 0.29) is 6.04 Å². The average Bonchev–Trinajstić information content (AvgIpc) is 2.27. The van der Waals surface area contributed by atoms with Crippen LogP contribution in [0.3, 0.4) is 0 Å². The molecule has 1 aromatic heterocycles. The Labute approximate surface area is 98.0 Å². The molecule has 0 amide bonds. The molecule has 16 heavy (non-hydrogen) atoms. The molecule has 2 N–H and O–H groups in total. The van der Waals surface area contributed by atoms with Crippen LogP contribution < -0.4 is 10.5 Å². The van der Waals surface area contributed by atoms with Gasteiger partial charge in [0.05, 0.1) is 6.61 Å². The highest BCUT2D eigenvalue weighted by atomic mass is 16.5. The summed E-state index contributed by atoms with van der Waals surface area (Å²) in [5.41, 5.74) is 6.84. The first-order valence-corrected chi connectivity index (χ1v) is 5.98. The van der Waals surface area contributed by atoms with E-state index in [1.54, 1.807) is 6.20 Å². The van der Waals surface area contributed by atoms with Crippen molar-refractivity contribution in [1.29, 1.82) is 0 Å². The summed E-state index contributed by atoms with van der Waals surface area (Å²) in [4.78, 5) is 4.23. The quantitative estimate of drug-likeness (QED) is 0.805. The SMILES string of the molecule is CCCC(C)COc1ncccc1[C@@H](C)N. The molecule has 3 heteroatoms. The number of ether oxygens (including phenoxy) is 1. The first-order chi connectivity index (χ1) is 7.65. The van der Waals surface area contributed by atoms with Gasteiger partial charge in [0, 0.05) is 17.8 Å². The lowest BCUT2D eigenvalue weighted by Crippen LogP contribution is -2.13. The van der Waals surface area contributed by atoms with Crippen LogP contribution in [0.4, 0.5) is 0 Å². The van der Waals surface area contributed by atoms with E-state index in [0.29, 0.717) is 18.4 Å². The Morgan fingerprint density at radius 1 is 1.44 bits per heavy atom. The Morgan fingerprint density at radius 2 is 2.19 bits per heavy atom. The fourth-order valence-corrected chi connectivity index (χ4v) is 1.67. The molecule has 0 aromatic carbocycles. The van der Waals surface area contributed by atoms with Crippen molar-refractivity contribution in [1.82, 2.24) is 4.98 Å². The maximum absolute atomic E-state index is 5.86. The number of hydrogen-bond donors (Lipinski definition) is 1. The summed E-state index contributed by atoms with van der Waals surface area (Å²) in [5, 5.41) is 0. The lowest BCUT2D eigenvalue weighted by molar-refractivity contribution is 0.240. The molecule has 90 valence electrons.